The number of rotatable bonds is 5. The summed E-state index contributed by atoms with van der Waals surface area (Å²) >= 11 is 1.44. The zero-order valence-electron chi connectivity index (χ0n) is 10.3. The number of carbonyl (C=O) groups excluding carboxylic acids is 3. The maximum Gasteiger partial charge on any atom is 0.252 e. The molecule has 1 aliphatic carbocycles. The average molecular weight is 281 g/mol. The molecule has 2 rings (SSSR count). The van der Waals surface area contributed by atoms with Gasteiger partial charge in [0.25, 0.3) is 5.91 Å². The van der Waals surface area contributed by atoms with Crippen molar-refractivity contribution in [1.29, 1.82) is 0 Å². The Morgan fingerprint density at radius 3 is 2.68 bits per heavy atom. The van der Waals surface area contributed by atoms with Crippen molar-refractivity contribution in [3.63, 3.8) is 0 Å². The third-order valence-electron chi connectivity index (χ3n) is 2.69. The van der Waals surface area contributed by atoms with Crippen LogP contribution in [0.3, 0.4) is 0 Å². The molecule has 0 unspecified atom stereocenters. The first-order chi connectivity index (χ1) is 9.16. The van der Waals surface area contributed by atoms with Gasteiger partial charge in [0.15, 0.2) is 0 Å². The first-order valence-corrected chi connectivity index (χ1v) is 7.00. The molecule has 1 aliphatic rings. The molecule has 1 heterocycles. The maximum absolute atomic E-state index is 11.5. The summed E-state index contributed by atoms with van der Waals surface area (Å²) in [6.07, 6.45) is 1.90. The van der Waals surface area contributed by atoms with Crippen molar-refractivity contribution in [1.82, 2.24) is 16.2 Å². The molecule has 0 bridgehead atoms. The van der Waals surface area contributed by atoms with Crippen LogP contribution in [0.1, 0.15) is 29.6 Å². The van der Waals surface area contributed by atoms with Gasteiger partial charge >= 0.3 is 0 Å². The zero-order chi connectivity index (χ0) is 13.7. The van der Waals surface area contributed by atoms with Crippen molar-refractivity contribution < 1.29 is 14.4 Å². The van der Waals surface area contributed by atoms with Gasteiger partial charge in [0, 0.05) is 29.8 Å². The Hall–Kier alpha value is -1.89. The summed E-state index contributed by atoms with van der Waals surface area (Å²) in [4.78, 5) is 34.2. The van der Waals surface area contributed by atoms with Crippen molar-refractivity contribution >= 4 is 29.1 Å². The van der Waals surface area contributed by atoms with Crippen LogP contribution in [0.15, 0.2) is 16.8 Å². The first kappa shape index (κ1) is 13.5. The van der Waals surface area contributed by atoms with Crippen molar-refractivity contribution in [2.75, 3.05) is 6.54 Å². The van der Waals surface area contributed by atoms with Gasteiger partial charge in [-0.25, -0.2) is 0 Å². The van der Waals surface area contributed by atoms with E-state index >= 15 is 0 Å². The summed E-state index contributed by atoms with van der Waals surface area (Å²) in [7, 11) is 0. The quantitative estimate of drug-likeness (QED) is 0.684. The monoisotopic (exact) mass is 281 g/mol. The summed E-state index contributed by atoms with van der Waals surface area (Å²) in [5, 5.41) is 6.19. The molecule has 19 heavy (non-hydrogen) atoms. The van der Waals surface area contributed by atoms with Gasteiger partial charge in [-0.3, -0.25) is 25.2 Å². The highest BCUT2D eigenvalue weighted by Crippen LogP contribution is 2.28. The first-order valence-electron chi connectivity index (χ1n) is 6.06. The molecule has 1 saturated carbocycles. The molecule has 0 atom stereocenters. The van der Waals surface area contributed by atoms with Crippen LogP contribution in [0.2, 0.25) is 0 Å². The van der Waals surface area contributed by atoms with Crippen LogP contribution in [0.25, 0.3) is 0 Å². The number of thiophene rings is 1. The molecule has 1 fully saturated rings. The van der Waals surface area contributed by atoms with E-state index in [2.05, 4.69) is 16.2 Å². The van der Waals surface area contributed by atoms with Crippen LogP contribution in [0.5, 0.6) is 0 Å². The van der Waals surface area contributed by atoms with Gasteiger partial charge in [-0.05, 0) is 24.3 Å². The Morgan fingerprint density at radius 1 is 1.26 bits per heavy atom. The van der Waals surface area contributed by atoms with Crippen LogP contribution in [0, 0.1) is 5.92 Å². The van der Waals surface area contributed by atoms with Crippen molar-refractivity contribution in [2.45, 2.75) is 19.3 Å². The van der Waals surface area contributed by atoms with Crippen molar-refractivity contribution in [3.05, 3.63) is 22.4 Å². The Kier molecular flexibility index (Phi) is 4.51. The number of hydrazine groups is 1. The van der Waals surface area contributed by atoms with E-state index in [4.69, 9.17) is 0 Å². The van der Waals surface area contributed by atoms with Crippen LogP contribution < -0.4 is 16.2 Å². The van der Waals surface area contributed by atoms with Gasteiger partial charge in [-0.2, -0.15) is 11.3 Å². The van der Waals surface area contributed by atoms with Crippen LogP contribution in [0.4, 0.5) is 0 Å². The molecular weight excluding hydrogens is 266 g/mol. The highest BCUT2D eigenvalue weighted by molar-refractivity contribution is 7.08. The van der Waals surface area contributed by atoms with Crippen LogP contribution in [-0.2, 0) is 9.59 Å². The lowest BCUT2D eigenvalue weighted by molar-refractivity contribution is -0.129. The fourth-order valence-corrected chi connectivity index (χ4v) is 2.06. The smallest absolute Gasteiger partial charge is 0.252 e. The Labute approximate surface area is 114 Å². The molecule has 7 heteroatoms. The minimum Gasteiger partial charge on any atom is -0.351 e. The highest BCUT2D eigenvalue weighted by atomic mass is 32.1. The second-order valence-electron chi connectivity index (χ2n) is 4.33. The molecule has 3 amide bonds. The SMILES string of the molecule is O=C(CCNC(=O)c1ccsc1)NNC(=O)C1CC1. The standard InChI is InChI=1S/C12H15N3O3S/c16-10(14-15-12(18)8-1-2-8)3-5-13-11(17)9-4-6-19-7-9/h4,6-8H,1-3,5H2,(H,13,17)(H,14,16)(H,15,18). The molecule has 0 saturated heterocycles. The van der Waals surface area contributed by atoms with Gasteiger partial charge < -0.3 is 5.32 Å². The van der Waals surface area contributed by atoms with Gasteiger partial charge in [0.05, 0.1) is 0 Å². The van der Waals surface area contributed by atoms with Crippen molar-refractivity contribution in [3.8, 4) is 0 Å². The Bertz CT molecular complexity index is 469. The predicted molar refractivity (Wildman–Crippen MR) is 70.3 cm³/mol. The fourth-order valence-electron chi connectivity index (χ4n) is 1.43. The highest BCUT2D eigenvalue weighted by Gasteiger charge is 2.29. The fraction of sp³-hybridized carbons (Fsp3) is 0.417. The number of amides is 3. The normalized spacial score (nSPS) is 13.7. The van der Waals surface area contributed by atoms with E-state index in [1.54, 1.807) is 11.4 Å². The summed E-state index contributed by atoms with van der Waals surface area (Å²) in [6.45, 7) is 0.236. The number of hydrogen-bond donors (Lipinski definition) is 3. The van der Waals surface area contributed by atoms with Gasteiger partial charge in [-0.15, -0.1) is 0 Å². The molecular formula is C12H15N3O3S. The molecule has 3 N–H and O–H groups in total. The van der Waals surface area contributed by atoms with Gasteiger partial charge in [0.2, 0.25) is 11.8 Å². The third-order valence-corrected chi connectivity index (χ3v) is 3.38. The van der Waals surface area contributed by atoms with E-state index in [0.717, 1.165) is 12.8 Å². The van der Waals surface area contributed by atoms with E-state index < -0.39 is 0 Å². The molecule has 102 valence electrons. The number of nitrogens with one attached hydrogen (secondary N) is 3. The number of carbonyl (C=O) groups is 3. The topological polar surface area (TPSA) is 87.3 Å². The van der Waals surface area contributed by atoms with E-state index in [9.17, 15) is 14.4 Å². The maximum atomic E-state index is 11.5. The van der Waals surface area contributed by atoms with E-state index in [1.165, 1.54) is 11.3 Å². The van der Waals surface area contributed by atoms with Gasteiger partial charge in [0.1, 0.15) is 0 Å². The molecule has 0 aromatic carbocycles. The Morgan fingerprint density at radius 2 is 2.05 bits per heavy atom. The summed E-state index contributed by atoms with van der Waals surface area (Å²) < 4.78 is 0. The summed E-state index contributed by atoms with van der Waals surface area (Å²) in [5.41, 5.74) is 5.28. The second-order valence-corrected chi connectivity index (χ2v) is 5.11. The lowest BCUT2D eigenvalue weighted by atomic mass is 10.3. The van der Waals surface area contributed by atoms with Crippen LogP contribution >= 0.6 is 11.3 Å². The largest absolute Gasteiger partial charge is 0.351 e. The average Bonchev–Trinajstić information content (AvgIpc) is 3.10. The second kappa shape index (κ2) is 6.33. The molecule has 0 radical (unpaired) electrons. The molecule has 0 aliphatic heterocycles. The van der Waals surface area contributed by atoms with Crippen LogP contribution in [-0.4, -0.2) is 24.3 Å². The summed E-state index contributed by atoms with van der Waals surface area (Å²) in [5.74, 6) is -0.607. The molecule has 0 spiro atoms. The zero-order valence-corrected chi connectivity index (χ0v) is 11.1. The van der Waals surface area contributed by atoms with E-state index in [1.807, 2.05) is 5.38 Å². The lowest BCUT2D eigenvalue weighted by Crippen LogP contribution is -2.43. The third kappa shape index (κ3) is 4.36. The molecule has 1 aromatic rings. The van der Waals surface area contributed by atoms with Gasteiger partial charge in [-0.1, -0.05) is 0 Å². The predicted octanol–water partition coefficient (Wildman–Crippen LogP) is 0.425. The van der Waals surface area contributed by atoms with E-state index in [-0.39, 0.29) is 36.6 Å². The number of hydrogen-bond acceptors (Lipinski definition) is 4. The minimum absolute atomic E-state index is 0.0543. The molecule has 1 aromatic heterocycles. The minimum atomic E-state index is -0.320. The van der Waals surface area contributed by atoms with Crippen molar-refractivity contribution in [2.24, 2.45) is 5.92 Å². The molecule has 6 nitrogen and oxygen atoms in total. The van der Waals surface area contributed by atoms with E-state index in [0.29, 0.717) is 5.56 Å². The Balaban J connectivity index is 1.58. The lowest BCUT2D eigenvalue weighted by Gasteiger charge is -2.07. The summed E-state index contributed by atoms with van der Waals surface area (Å²) in [6, 6.07) is 1.72.